The second-order valence-corrected chi connectivity index (χ2v) is 2.20. The zero-order valence-corrected chi connectivity index (χ0v) is 5.32. The van der Waals surface area contributed by atoms with Crippen LogP contribution in [0.1, 0.15) is 6.42 Å². The molecule has 1 N–H and O–H groups in total. The first-order chi connectivity index (χ1) is 4.75. The van der Waals surface area contributed by atoms with E-state index in [1.807, 2.05) is 0 Å². The van der Waals surface area contributed by atoms with Crippen molar-refractivity contribution >= 4 is 12.3 Å². The van der Waals surface area contributed by atoms with Crippen molar-refractivity contribution in [2.24, 2.45) is 5.92 Å². The Kier molecular flexibility index (Phi) is 2.01. The van der Waals surface area contributed by atoms with Gasteiger partial charge in [0.15, 0.2) is 0 Å². The third-order valence-electron chi connectivity index (χ3n) is 1.59. The zero-order chi connectivity index (χ0) is 7.56. The van der Waals surface area contributed by atoms with Gasteiger partial charge in [-0.15, -0.1) is 0 Å². The molecule has 1 saturated heterocycles. The highest BCUT2D eigenvalue weighted by Crippen LogP contribution is 2.18. The highest BCUT2D eigenvalue weighted by atomic mass is 16.5. The number of hydrogen-bond donors (Lipinski definition) is 1. The Balaban J connectivity index is 2.58. The smallest absolute Gasteiger partial charge is 0.309 e. The molecule has 0 radical (unpaired) electrons. The average molecular weight is 144 g/mol. The Morgan fingerprint density at radius 2 is 2.40 bits per heavy atom. The fourth-order valence-corrected chi connectivity index (χ4v) is 1.01. The molecule has 0 aromatic heterocycles. The molecule has 4 heteroatoms. The van der Waals surface area contributed by atoms with E-state index in [9.17, 15) is 9.59 Å². The Labute approximate surface area is 57.8 Å². The normalized spacial score (nSPS) is 32.0. The van der Waals surface area contributed by atoms with Crippen molar-refractivity contribution in [3.05, 3.63) is 0 Å². The second-order valence-electron chi connectivity index (χ2n) is 2.20. The Hall–Kier alpha value is -0.900. The van der Waals surface area contributed by atoms with Gasteiger partial charge in [-0.05, 0) is 6.42 Å². The predicted octanol–water partition coefficient (Wildman–Crippen LogP) is -0.325. The van der Waals surface area contributed by atoms with Crippen LogP contribution in [0.4, 0.5) is 0 Å². The number of carbonyl (C=O) groups excluding carboxylic acids is 1. The summed E-state index contributed by atoms with van der Waals surface area (Å²) in [5.74, 6) is -1.58. The van der Waals surface area contributed by atoms with E-state index in [1.165, 1.54) is 0 Å². The van der Waals surface area contributed by atoms with Gasteiger partial charge in [0.2, 0.25) is 0 Å². The van der Waals surface area contributed by atoms with Crippen molar-refractivity contribution in [3.8, 4) is 0 Å². The van der Waals surface area contributed by atoms with Crippen molar-refractivity contribution in [2.45, 2.75) is 12.5 Å². The number of carboxylic acid groups (broad SMARTS) is 1. The molecule has 0 saturated carbocycles. The highest BCUT2D eigenvalue weighted by molar-refractivity contribution is 5.76. The molecule has 4 nitrogen and oxygen atoms in total. The summed E-state index contributed by atoms with van der Waals surface area (Å²) in [6, 6.07) is 0. The van der Waals surface area contributed by atoms with Crippen LogP contribution in [0.25, 0.3) is 0 Å². The molecule has 10 heavy (non-hydrogen) atoms. The van der Waals surface area contributed by atoms with Crippen LogP contribution >= 0.6 is 0 Å². The first-order valence-corrected chi connectivity index (χ1v) is 3.05. The summed E-state index contributed by atoms with van der Waals surface area (Å²) in [6.45, 7) is 0.375. The van der Waals surface area contributed by atoms with E-state index in [1.54, 1.807) is 0 Å². The van der Waals surface area contributed by atoms with E-state index in [-0.39, 0.29) is 0 Å². The Bertz CT molecular complexity index is 154. The molecule has 1 heterocycles. The van der Waals surface area contributed by atoms with E-state index >= 15 is 0 Å². The first kappa shape index (κ1) is 7.21. The topological polar surface area (TPSA) is 63.6 Å². The molecule has 0 aliphatic carbocycles. The van der Waals surface area contributed by atoms with Gasteiger partial charge in [-0.1, -0.05) is 0 Å². The quantitative estimate of drug-likeness (QED) is 0.539. The van der Waals surface area contributed by atoms with Crippen LogP contribution < -0.4 is 0 Å². The largest absolute Gasteiger partial charge is 0.481 e. The number of rotatable bonds is 2. The second kappa shape index (κ2) is 2.79. The molecule has 2 atom stereocenters. The first-order valence-electron chi connectivity index (χ1n) is 3.05. The maximum atomic E-state index is 10.3. The maximum absolute atomic E-state index is 10.3. The molecular formula is C6H8O4. The summed E-state index contributed by atoms with van der Waals surface area (Å²) >= 11 is 0. The zero-order valence-electron chi connectivity index (χ0n) is 5.32. The molecule has 1 aliphatic rings. The Morgan fingerprint density at radius 1 is 1.70 bits per heavy atom. The lowest BCUT2D eigenvalue weighted by molar-refractivity contribution is -0.145. The van der Waals surface area contributed by atoms with Gasteiger partial charge >= 0.3 is 5.97 Å². The number of aldehydes is 1. The molecule has 0 aromatic rings. The van der Waals surface area contributed by atoms with Gasteiger partial charge in [0, 0.05) is 6.61 Å². The minimum Gasteiger partial charge on any atom is -0.481 e. The summed E-state index contributed by atoms with van der Waals surface area (Å²) in [7, 11) is 0. The average Bonchev–Trinajstić information content (AvgIpc) is 2.33. The van der Waals surface area contributed by atoms with Gasteiger partial charge in [-0.2, -0.15) is 0 Å². The Morgan fingerprint density at radius 3 is 2.80 bits per heavy atom. The molecule has 2 unspecified atom stereocenters. The van der Waals surface area contributed by atoms with Gasteiger partial charge < -0.3 is 14.6 Å². The van der Waals surface area contributed by atoms with Crippen molar-refractivity contribution in [1.82, 2.24) is 0 Å². The van der Waals surface area contributed by atoms with Crippen LogP contribution in [-0.2, 0) is 14.3 Å². The van der Waals surface area contributed by atoms with Crippen molar-refractivity contribution in [2.75, 3.05) is 6.61 Å². The van der Waals surface area contributed by atoms with Gasteiger partial charge in [0.1, 0.15) is 12.4 Å². The summed E-state index contributed by atoms with van der Waals surface area (Å²) in [5, 5.41) is 8.48. The summed E-state index contributed by atoms with van der Waals surface area (Å²) in [5.41, 5.74) is 0. The van der Waals surface area contributed by atoms with E-state index in [0.29, 0.717) is 19.3 Å². The minimum absolute atomic E-state index is 0.375. The molecule has 1 rings (SSSR count). The number of ether oxygens (including phenoxy) is 1. The van der Waals surface area contributed by atoms with Crippen molar-refractivity contribution in [3.63, 3.8) is 0 Å². The third kappa shape index (κ3) is 1.16. The molecular weight excluding hydrogens is 136 g/mol. The molecule has 0 spiro atoms. The van der Waals surface area contributed by atoms with Crippen molar-refractivity contribution in [1.29, 1.82) is 0 Å². The lowest BCUT2D eigenvalue weighted by Gasteiger charge is -2.05. The van der Waals surface area contributed by atoms with E-state index in [2.05, 4.69) is 0 Å². The lowest BCUT2D eigenvalue weighted by Crippen LogP contribution is -2.24. The van der Waals surface area contributed by atoms with Gasteiger partial charge in [0.25, 0.3) is 0 Å². The third-order valence-corrected chi connectivity index (χ3v) is 1.59. The van der Waals surface area contributed by atoms with Crippen LogP contribution in [0.5, 0.6) is 0 Å². The SMILES string of the molecule is O=CC1OCCC1C(=O)O. The monoisotopic (exact) mass is 144 g/mol. The molecule has 0 aromatic carbocycles. The standard InChI is InChI=1S/C6H8O4/c7-3-5-4(6(8)9)1-2-10-5/h3-5H,1-2H2,(H,8,9). The molecule has 0 amide bonds. The van der Waals surface area contributed by atoms with Crippen molar-refractivity contribution < 1.29 is 19.4 Å². The summed E-state index contributed by atoms with van der Waals surface area (Å²) in [4.78, 5) is 20.5. The van der Waals surface area contributed by atoms with E-state index in [4.69, 9.17) is 9.84 Å². The molecule has 1 fully saturated rings. The number of carboxylic acids is 1. The number of hydrogen-bond acceptors (Lipinski definition) is 3. The molecule has 0 bridgehead atoms. The number of carbonyl (C=O) groups is 2. The minimum atomic E-state index is -0.949. The van der Waals surface area contributed by atoms with Crippen LogP contribution in [0, 0.1) is 5.92 Å². The highest BCUT2D eigenvalue weighted by Gasteiger charge is 2.33. The van der Waals surface area contributed by atoms with Crippen LogP contribution in [0.2, 0.25) is 0 Å². The molecule has 1 aliphatic heterocycles. The van der Waals surface area contributed by atoms with Crippen LogP contribution in [0.3, 0.4) is 0 Å². The summed E-state index contributed by atoms with van der Waals surface area (Å²) in [6.07, 6.45) is 0.266. The fourth-order valence-electron chi connectivity index (χ4n) is 1.01. The van der Waals surface area contributed by atoms with Gasteiger partial charge in [0.05, 0.1) is 5.92 Å². The van der Waals surface area contributed by atoms with Crippen LogP contribution in [-0.4, -0.2) is 30.1 Å². The van der Waals surface area contributed by atoms with E-state index in [0.717, 1.165) is 0 Å². The van der Waals surface area contributed by atoms with Crippen LogP contribution in [0.15, 0.2) is 0 Å². The van der Waals surface area contributed by atoms with Gasteiger partial charge in [-0.3, -0.25) is 4.79 Å². The lowest BCUT2D eigenvalue weighted by atomic mass is 10.0. The summed E-state index contributed by atoms with van der Waals surface area (Å²) < 4.78 is 4.83. The molecule has 56 valence electrons. The number of aliphatic carboxylic acids is 1. The maximum Gasteiger partial charge on any atom is 0.309 e. The fraction of sp³-hybridized carbons (Fsp3) is 0.667. The predicted molar refractivity (Wildman–Crippen MR) is 31.5 cm³/mol. The van der Waals surface area contributed by atoms with E-state index < -0.39 is 18.0 Å². The van der Waals surface area contributed by atoms with Gasteiger partial charge in [-0.25, -0.2) is 0 Å².